The summed E-state index contributed by atoms with van der Waals surface area (Å²) in [4.78, 5) is 10.4. The maximum Gasteiger partial charge on any atom is 0.0925 e. The molecule has 2 fully saturated rings. The molecule has 2 unspecified atom stereocenters. The van der Waals surface area contributed by atoms with E-state index >= 15 is 0 Å². The van der Waals surface area contributed by atoms with Crippen molar-refractivity contribution in [3.63, 3.8) is 0 Å². The average molecular weight is 167 g/mol. The van der Waals surface area contributed by atoms with Crippen molar-refractivity contribution in [2.75, 3.05) is 0 Å². The summed E-state index contributed by atoms with van der Waals surface area (Å²) in [5.74, 6) is 2.52. The van der Waals surface area contributed by atoms with E-state index < -0.39 is 0 Å². The number of rotatable bonds is 1. The van der Waals surface area contributed by atoms with Crippen molar-refractivity contribution in [2.45, 2.75) is 45.1 Å². The zero-order valence-corrected chi connectivity index (χ0v) is 7.70. The van der Waals surface area contributed by atoms with Gasteiger partial charge >= 0.3 is 0 Å². The maximum atomic E-state index is 10.4. The van der Waals surface area contributed by atoms with E-state index in [1.54, 1.807) is 0 Å². The van der Waals surface area contributed by atoms with Gasteiger partial charge in [0, 0.05) is 0 Å². The Balaban J connectivity index is 2.00. The first-order valence-electron chi connectivity index (χ1n) is 5.10. The van der Waals surface area contributed by atoms with Gasteiger partial charge < -0.3 is 0 Å². The number of nitrogens with zero attached hydrogens (tertiary/aromatic N) is 1. The normalized spacial score (nSPS) is 47.1. The lowest BCUT2D eigenvalue weighted by Gasteiger charge is -2.39. The number of nitroso groups, excluding NO2 is 1. The van der Waals surface area contributed by atoms with Crippen molar-refractivity contribution in [3.05, 3.63) is 4.91 Å². The molecule has 0 saturated heterocycles. The fourth-order valence-electron chi connectivity index (χ4n) is 3.23. The van der Waals surface area contributed by atoms with Crippen molar-refractivity contribution in [3.8, 4) is 0 Å². The number of hydrogen-bond acceptors (Lipinski definition) is 2. The molecule has 2 heteroatoms. The minimum Gasteiger partial charge on any atom is -0.151 e. The Bertz CT molecular complexity index is 163. The van der Waals surface area contributed by atoms with Gasteiger partial charge in [-0.2, -0.15) is 4.91 Å². The molecule has 2 bridgehead atoms. The van der Waals surface area contributed by atoms with Crippen molar-refractivity contribution in [1.29, 1.82) is 0 Å². The third-order valence-electron chi connectivity index (χ3n) is 3.50. The highest BCUT2D eigenvalue weighted by atomic mass is 16.3. The summed E-state index contributed by atoms with van der Waals surface area (Å²) in [5, 5.41) is 3.21. The Morgan fingerprint density at radius 2 is 1.58 bits per heavy atom. The van der Waals surface area contributed by atoms with Crippen molar-refractivity contribution >= 4 is 0 Å². The summed E-state index contributed by atoms with van der Waals surface area (Å²) in [7, 11) is 0. The summed E-state index contributed by atoms with van der Waals surface area (Å²) >= 11 is 0. The monoisotopic (exact) mass is 167 g/mol. The molecule has 2 rings (SSSR count). The van der Waals surface area contributed by atoms with Gasteiger partial charge in [0.05, 0.1) is 6.04 Å². The predicted octanol–water partition coefficient (Wildman–Crippen LogP) is 2.97. The van der Waals surface area contributed by atoms with Crippen LogP contribution >= 0.6 is 0 Å². The van der Waals surface area contributed by atoms with E-state index in [2.05, 4.69) is 12.1 Å². The lowest BCUT2D eigenvalue weighted by atomic mass is 9.67. The Morgan fingerprint density at radius 3 is 2.08 bits per heavy atom. The summed E-state index contributed by atoms with van der Waals surface area (Å²) in [5.41, 5.74) is 0. The van der Waals surface area contributed by atoms with Crippen molar-refractivity contribution < 1.29 is 0 Å². The van der Waals surface area contributed by atoms with E-state index in [-0.39, 0.29) is 6.04 Å². The molecule has 0 radical (unpaired) electrons. The first-order chi connectivity index (χ1) is 5.78. The SMILES string of the molecule is CC1CC2CC(C1)CC(N=O)C2. The van der Waals surface area contributed by atoms with Crippen LogP contribution in [0.5, 0.6) is 0 Å². The highest BCUT2D eigenvalue weighted by Gasteiger charge is 2.34. The second-order valence-corrected chi connectivity index (χ2v) is 4.77. The van der Waals surface area contributed by atoms with Gasteiger partial charge in [0.2, 0.25) is 0 Å². The molecule has 2 nitrogen and oxygen atoms in total. The standard InChI is InChI=1S/C10H17NO/c1-7-2-8-4-9(3-7)6-10(5-8)11-12/h7-10H,2-6H2,1H3. The van der Waals surface area contributed by atoms with Crippen LogP contribution in [0.2, 0.25) is 0 Å². The van der Waals surface area contributed by atoms with Crippen LogP contribution < -0.4 is 0 Å². The maximum absolute atomic E-state index is 10.4. The van der Waals surface area contributed by atoms with Crippen LogP contribution in [0.1, 0.15) is 39.0 Å². The Morgan fingerprint density at radius 1 is 1.00 bits per heavy atom. The van der Waals surface area contributed by atoms with Gasteiger partial charge in [-0.3, -0.25) is 0 Å². The summed E-state index contributed by atoms with van der Waals surface area (Å²) in [6.07, 6.45) is 6.19. The first kappa shape index (κ1) is 8.21. The molecule has 0 N–H and O–H groups in total. The molecule has 0 heterocycles. The minimum atomic E-state index is 0.154. The Labute approximate surface area is 73.7 Å². The van der Waals surface area contributed by atoms with Crippen molar-refractivity contribution in [2.24, 2.45) is 22.9 Å². The molecule has 2 aliphatic carbocycles. The zero-order chi connectivity index (χ0) is 8.55. The van der Waals surface area contributed by atoms with E-state index in [4.69, 9.17) is 0 Å². The zero-order valence-electron chi connectivity index (χ0n) is 7.70. The van der Waals surface area contributed by atoms with Gasteiger partial charge in [0.1, 0.15) is 0 Å². The highest BCUT2D eigenvalue weighted by molar-refractivity contribution is 4.88. The third-order valence-corrected chi connectivity index (χ3v) is 3.50. The molecule has 0 amide bonds. The molecule has 2 saturated carbocycles. The van der Waals surface area contributed by atoms with E-state index in [0.717, 1.165) is 30.6 Å². The molecule has 68 valence electrons. The molecule has 2 atom stereocenters. The summed E-state index contributed by atoms with van der Waals surface area (Å²) < 4.78 is 0. The highest BCUT2D eigenvalue weighted by Crippen LogP contribution is 2.43. The van der Waals surface area contributed by atoms with Gasteiger partial charge in [-0.15, -0.1) is 0 Å². The molecular weight excluding hydrogens is 150 g/mol. The van der Waals surface area contributed by atoms with Crippen LogP contribution in [0.15, 0.2) is 5.18 Å². The van der Waals surface area contributed by atoms with E-state index in [1.165, 1.54) is 19.3 Å². The molecule has 0 aromatic rings. The molecular formula is C10H17NO. The molecule has 0 spiro atoms. The number of fused-ring (bicyclic) bond motifs is 2. The summed E-state index contributed by atoms with van der Waals surface area (Å²) in [6.45, 7) is 2.34. The fourth-order valence-corrected chi connectivity index (χ4v) is 3.23. The van der Waals surface area contributed by atoms with E-state index in [0.29, 0.717) is 0 Å². The van der Waals surface area contributed by atoms with Crippen LogP contribution in [0.4, 0.5) is 0 Å². The van der Waals surface area contributed by atoms with Gasteiger partial charge in [-0.05, 0) is 49.9 Å². The van der Waals surface area contributed by atoms with Crippen LogP contribution in [0.25, 0.3) is 0 Å². The van der Waals surface area contributed by atoms with E-state index in [9.17, 15) is 4.91 Å². The fraction of sp³-hybridized carbons (Fsp3) is 1.00. The third kappa shape index (κ3) is 1.52. The largest absolute Gasteiger partial charge is 0.151 e. The Kier molecular flexibility index (Phi) is 2.16. The second kappa shape index (κ2) is 3.15. The van der Waals surface area contributed by atoms with Crippen LogP contribution in [-0.2, 0) is 0 Å². The van der Waals surface area contributed by atoms with Gasteiger partial charge in [-0.1, -0.05) is 12.1 Å². The van der Waals surface area contributed by atoms with E-state index in [1.807, 2.05) is 0 Å². The molecule has 2 aliphatic rings. The molecule has 0 aromatic carbocycles. The van der Waals surface area contributed by atoms with Gasteiger partial charge in [0.15, 0.2) is 0 Å². The smallest absolute Gasteiger partial charge is 0.0925 e. The first-order valence-corrected chi connectivity index (χ1v) is 5.10. The lowest BCUT2D eigenvalue weighted by molar-refractivity contribution is 0.132. The average Bonchev–Trinajstić information content (AvgIpc) is 2.02. The van der Waals surface area contributed by atoms with Crippen molar-refractivity contribution in [1.82, 2.24) is 0 Å². The van der Waals surface area contributed by atoms with Gasteiger partial charge in [-0.25, -0.2) is 0 Å². The van der Waals surface area contributed by atoms with Crippen LogP contribution in [0, 0.1) is 22.7 Å². The second-order valence-electron chi connectivity index (χ2n) is 4.77. The molecule has 0 aromatic heterocycles. The Hall–Kier alpha value is -0.400. The quantitative estimate of drug-likeness (QED) is 0.552. The van der Waals surface area contributed by atoms with Gasteiger partial charge in [0.25, 0.3) is 0 Å². The predicted molar refractivity (Wildman–Crippen MR) is 48.8 cm³/mol. The lowest BCUT2D eigenvalue weighted by Crippen LogP contribution is -2.31. The topological polar surface area (TPSA) is 29.4 Å². The van der Waals surface area contributed by atoms with Crippen LogP contribution in [-0.4, -0.2) is 6.04 Å². The number of hydrogen-bond donors (Lipinski definition) is 0. The molecule has 12 heavy (non-hydrogen) atoms. The minimum absolute atomic E-state index is 0.154. The summed E-state index contributed by atoms with van der Waals surface area (Å²) in [6, 6.07) is 0.154. The van der Waals surface area contributed by atoms with Crippen LogP contribution in [0.3, 0.4) is 0 Å². The molecule has 0 aliphatic heterocycles.